The molecule has 4 atom stereocenters. The van der Waals surface area contributed by atoms with Gasteiger partial charge in [-0.25, -0.2) is 0 Å². The number of carboxylic acid groups (broad SMARTS) is 1. The summed E-state index contributed by atoms with van der Waals surface area (Å²) in [5.74, 6) is -1.59. The van der Waals surface area contributed by atoms with Crippen LogP contribution < -0.4 is 0 Å². The smallest absolute Gasteiger partial charge is 0.311 e. The monoisotopic (exact) mass is 360 g/mol. The predicted molar refractivity (Wildman–Crippen MR) is 95.9 cm³/mol. The summed E-state index contributed by atoms with van der Waals surface area (Å²) in [6.07, 6.45) is 4.77. The van der Waals surface area contributed by atoms with Gasteiger partial charge in [-0.3, -0.25) is 4.79 Å². The Labute approximate surface area is 152 Å². The molecule has 0 radical (unpaired) electrons. The number of carbonyl (C=O) groups is 1. The molecule has 148 valence electrons. The highest BCUT2D eigenvalue weighted by Crippen LogP contribution is 2.27. The van der Waals surface area contributed by atoms with Gasteiger partial charge >= 0.3 is 5.97 Å². The van der Waals surface area contributed by atoms with E-state index in [4.69, 9.17) is 18.9 Å². The number of hydrogen-bond donors (Lipinski definition) is 1. The lowest BCUT2D eigenvalue weighted by atomic mass is 9.92. The Morgan fingerprint density at radius 2 is 1.52 bits per heavy atom. The van der Waals surface area contributed by atoms with Crippen LogP contribution in [0, 0.1) is 5.92 Å². The van der Waals surface area contributed by atoms with Crippen LogP contribution in [0.15, 0.2) is 0 Å². The summed E-state index contributed by atoms with van der Waals surface area (Å²) < 4.78 is 23.5. The Hall–Kier alpha value is -0.690. The van der Waals surface area contributed by atoms with Gasteiger partial charge in [-0.05, 0) is 19.3 Å². The summed E-state index contributed by atoms with van der Waals surface area (Å²) in [7, 11) is 0. The molecule has 0 bridgehead atoms. The highest BCUT2D eigenvalue weighted by Gasteiger charge is 2.45. The Balaban J connectivity index is 2.75. The fraction of sp³-hybridized carbons (Fsp3) is 0.947. The molecule has 6 nitrogen and oxygen atoms in total. The molecular weight excluding hydrogens is 324 g/mol. The molecule has 1 rings (SSSR count). The average molecular weight is 360 g/mol. The summed E-state index contributed by atoms with van der Waals surface area (Å²) in [5.41, 5.74) is 0. The second kappa shape index (κ2) is 13.5. The third-order valence-corrected chi connectivity index (χ3v) is 4.43. The molecule has 0 aromatic rings. The van der Waals surface area contributed by atoms with Gasteiger partial charge in [-0.1, -0.05) is 40.0 Å². The number of unbranched alkanes of at least 4 members (excludes halogenated alkanes) is 3. The van der Waals surface area contributed by atoms with Gasteiger partial charge in [-0.2, -0.15) is 0 Å². The van der Waals surface area contributed by atoms with E-state index in [-0.39, 0.29) is 12.7 Å². The second-order valence-corrected chi connectivity index (χ2v) is 6.62. The van der Waals surface area contributed by atoms with Crippen LogP contribution in [0.25, 0.3) is 0 Å². The number of hydrogen-bond acceptors (Lipinski definition) is 5. The first-order valence-electron chi connectivity index (χ1n) is 9.80. The molecule has 1 heterocycles. The zero-order chi connectivity index (χ0) is 18.5. The number of rotatable bonds is 14. The Kier molecular flexibility index (Phi) is 12.1. The van der Waals surface area contributed by atoms with Crippen LogP contribution in [0.5, 0.6) is 0 Å². The van der Waals surface area contributed by atoms with Crippen molar-refractivity contribution in [1.29, 1.82) is 0 Å². The first-order valence-corrected chi connectivity index (χ1v) is 9.80. The van der Waals surface area contributed by atoms with E-state index in [1.165, 1.54) is 0 Å². The Bertz CT molecular complexity index is 349. The van der Waals surface area contributed by atoms with Crippen molar-refractivity contribution in [3.8, 4) is 0 Å². The minimum atomic E-state index is -0.893. The second-order valence-electron chi connectivity index (χ2n) is 6.62. The predicted octanol–water partition coefficient (Wildman–Crippen LogP) is 3.27. The van der Waals surface area contributed by atoms with E-state index in [9.17, 15) is 9.90 Å². The summed E-state index contributed by atoms with van der Waals surface area (Å²) >= 11 is 0. The zero-order valence-electron chi connectivity index (χ0n) is 16.1. The molecule has 1 N–H and O–H groups in total. The molecule has 1 aliphatic heterocycles. The summed E-state index contributed by atoms with van der Waals surface area (Å²) in [5, 5.41) is 9.54. The van der Waals surface area contributed by atoms with Crippen LogP contribution in [-0.2, 0) is 23.7 Å². The highest BCUT2D eigenvalue weighted by molar-refractivity contribution is 5.71. The lowest BCUT2D eigenvalue weighted by Gasteiger charge is -2.40. The minimum absolute atomic E-state index is 0.140. The largest absolute Gasteiger partial charge is 0.481 e. The molecule has 0 amide bonds. The topological polar surface area (TPSA) is 74.2 Å². The van der Waals surface area contributed by atoms with Crippen molar-refractivity contribution in [2.45, 2.75) is 77.6 Å². The summed E-state index contributed by atoms with van der Waals surface area (Å²) in [4.78, 5) is 11.6. The maximum absolute atomic E-state index is 11.6. The third kappa shape index (κ3) is 8.03. The van der Waals surface area contributed by atoms with Gasteiger partial charge in [0.1, 0.15) is 24.2 Å². The van der Waals surface area contributed by atoms with E-state index < -0.39 is 24.1 Å². The Morgan fingerprint density at radius 1 is 0.960 bits per heavy atom. The van der Waals surface area contributed by atoms with Gasteiger partial charge < -0.3 is 24.1 Å². The van der Waals surface area contributed by atoms with Crippen molar-refractivity contribution in [2.75, 3.05) is 33.0 Å². The van der Waals surface area contributed by atoms with Gasteiger partial charge in [0.2, 0.25) is 0 Å². The van der Waals surface area contributed by atoms with E-state index in [2.05, 4.69) is 20.8 Å². The van der Waals surface area contributed by atoms with Crippen molar-refractivity contribution < 1.29 is 28.8 Å². The molecule has 0 aromatic carbocycles. The van der Waals surface area contributed by atoms with Crippen LogP contribution >= 0.6 is 0 Å². The number of ether oxygens (including phenoxy) is 4. The van der Waals surface area contributed by atoms with E-state index >= 15 is 0 Å². The molecule has 0 aliphatic carbocycles. The molecule has 6 heteroatoms. The summed E-state index contributed by atoms with van der Waals surface area (Å²) in [6.45, 7) is 8.66. The lowest BCUT2D eigenvalue weighted by Crippen LogP contribution is -2.56. The highest BCUT2D eigenvalue weighted by atomic mass is 16.6. The van der Waals surface area contributed by atoms with Crippen LogP contribution in [0.2, 0.25) is 0 Å². The van der Waals surface area contributed by atoms with Crippen LogP contribution in [0.3, 0.4) is 0 Å². The van der Waals surface area contributed by atoms with Gasteiger partial charge in [0.05, 0.1) is 13.2 Å². The first-order chi connectivity index (χ1) is 12.2. The average Bonchev–Trinajstić information content (AvgIpc) is 2.60. The molecule has 0 saturated carbocycles. The van der Waals surface area contributed by atoms with Crippen molar-refractivity contribution in [3.63, 3.8) is 0 Å². The van der Waals surface area contributed by atoms with E-state index in [0.717, 1.165) is 38.5 Å². The van der Waals surface area contributed by atoms with E-state index in [1.807, 2.05) is 0 Å². The zero-order valence-corrected chi connectivity index (χ0v) is 16.1. The van der Waals surface area contributed by atoms with Crippen molar-refractivity contribution in [2.24, 2.45) is 5.92 Å². The standard InChI is InChI=1S/C19H36O6/c1-4-7-10-22-14-16-18(24-12-9-6-3)17(23-11-8-5-2)15(13-25-16)19(20)21/h15-18H,4-14H2,1-3H3,(H,20,21)/t15-,16-,17-,18+/m1/s1. The maximum atomic E-state index is 11.6. The molecule has 0 aromatic heterocycles. The third-order valence-electron chi connectivity index (χ3n) is 4.43. The van der Waals surface area contributed by atoms with Crippen LogP contribution in [0.4, 0.5) is 0 Å². The molecule has 25 heavy (non-hydrogen) atoms. The molecule has 1 fully saturated rings. The van der Waals surface area contributed by atoms with Crippen molar-refractivity contribution in [3.05, 3.63) is 0 Å². The van der Waals surface area contributed by atoms with Gasteiger partial charge in [0.15, 0.2) is 0 Å². The molecular formula is C19H36O6. The molecule has 1 saturated heterocycles. The van der Waals surface area contributed by atoms with Crippen molar-refractivity contribution >= 4 is 5.97 Å². The number of carboxylic acids is 1. The van der Waals surface area contributed by atoms with Crippen LogP contribution in [0.1, 0.15) is 59.3 Å². The quantitative estimate of drug-likeness (QED) is 0.479. The van der Waals surface area contributed by atoms with Gasteiger partial charge in [-0.15, -0.1) is 0 Å². The molecule has 1 aliphatic rings. The number of aliphatic carboxylic acids is 1. The van der Waals surface area contributed by atoms with E-state index in [1.54, 1.807) is 0 Å². The van der Waals surface area contributed by atoms with Gasteiger partial charge in [0.25, 0.3) is 0 Å². The SMILES string of the molecule is CCCCOC[C@H]1OC[C@@H](C(=O)O)[C@@H](OCCCC)[C@H]1OCCCC. The van der Waals surface area contributed by atoms with Crippen molar-refractivity contribution in [1.82, 2.24) is 0 Å². The Morgan fingerprint density at radius 3 is 2.08 bits per heavy atom. The minimum Gasteiger partial charge on any atom is -0.481 e. The molecule has 0 unspecified atom stereocenters. The van der Waals surface area contributed by atoms with Crippen LogP contribution in [-0.4, -0.2) is 62.4 Å². The lowest BCUT2D eigenvalue weighted by molar-refractivity contribution is -0.218. The maximum Gasteiger partial charge on any atom is 0.311 e. The normalized spacial score (nSPS) is 26.7. The van der Waals surface area contributed by atoms with Gasteiger partial charge in [0, 0.05) is 19.8 Å². The summed E-state index contributed by atoms with van der Waals surface area (Å²) in [6, 6.07) is 0. The fourth-order valence-corrected chi connectivity index (χ4v) is 2.80. The fourth-order valence-electron chi connectivity index (χ4n) is 2.80. The first kappa shape index (κ1) is 22.4. The molecule has 0 spiro atoms. The van der Waals surface area contributed by atoms with E-state index in [0.29, 0.717) is 26.4 Å².